The summed E-state index contributed by atoms with van der Waals surface area (Å²) in [7, 11) is 1.54. The maximum absolute atomic E-state index is 12.5. The molecule has 1 amide bonds. The standard InChI is InChI=1S/C21H21BrN2O3/c1-4-27-20-18(22)11-15(12-19(20)26-3)10-17(13-23)21(25)24-14(2)16-8-6-5-7-9-16/h5-12,14H,4H2,1-3H3,(H,24,25)/b17-10-/t14-/m1/s1. The Morgan fingerprint density at radius 3 is 2.63 bits per heavy atom. The Hall–Kier alpha value is -2.78. The van der Waals surface area contributed by atoms with Gasteiger partial charge in [0, 0.05) is 0 Å². The van der Waals surface area contributed by atoms with Crippen LogP contribution < -0.4 is 14.8 Å². The van der Waals surface area contributed by atoms with E-state index < -0.39 is 5.91 Å². The van der Waals surface area contributed by atoms with Crippen molar-refractivity contribution < 1.29 is 14.3 Å². The van der Waals surface area contributed by atoms with E-state index >= 15 is 0 Å². The molecule has 0 radical (unpaired) electrons. The minimum Gasteiger partial charge on any atom is -0.493 e. The van der Waals surface area contributed by atoms with Crippen molar-refractivity contribution in [3.63, 3.8) is 0 Å². The monoisotopic (exact) mass is 428 g/mol. The molecule has 0 bridgehead atoms. The molecule has 2 aromatic rings. The van der Waals surface area contributed by atoms with E-state index in [1.807, 2.05) is 50.2 Å². The summed E-state index contributed by atoms with van der Waals surface area (Å²) in [5.74, 6) is 0.670. The fraction of sp³-hybridized carbons (Fsp3) is 0.238. The van der Waals surface area contributed by atoms with Crippen LogP contribution in [0.2, 0.25) is 0 Å². The Labute approximate surface area is 167 Å². The van der Waals surface area contributed by atoms with Crippen LogP contribution in [0.1, 0.15) is 31.0 Å². The molecule has 2 aromatic carbocycles. The molecule has 0 spiro atoms. The van der Waals surface area contributed by atoms with Gasteiger partial charge in [0.2, 0.25) is 0 Å². The van der Waals surface area contributed by atoms with Crippen molar-refractivity contribution in [1.82, 2.24) is 5.32 Å². The van der Waals surface area contributed by atoms with Crippen LogP contribution in [0.3, 0.4) is 0 Å². The highest BCUT2D eigenvalue weighted by Gasteiger charge is 2.15. The molecule has 5 nitrogen and oxygen atoms in total. The van der Waals surface area contributed by atoms with Crippen LogP contribution in [0.5, 0.6) is 11.5 Å². The number of nitrogens with one attached hydrogen (secondary N) is 1. The number of halogens is 1. The number of carbonyl (C=O) groups excluding carboxylic acids is 1. The van der Waals surface area contributed by atoms with E-state index in [0.29, 0.717) is 28.1 Å². The fourth-order valence-corrected chi connectivity index (χ4v) is 3.10. The number of benzene rings is 2. The Morgan fingerprint density at radius 1 is 1.33 bits per heavy atom. The number of rotatable bonds is 7. The molecule has 0 aliphatic heterocycles. The van der Waals surface area contributed by atoms with E-state index in [1.54, 1.807) is 12.1 Å². The van der Waals surface area contributed by atoms with Crippen LogP contribution in [0.25, 0.3) is 6.08 Å². The lowest BCUT2D eigenvalue weighted by molar-refractivity contribution is -0.117. The van der Waals surface area contributed by atoms with Gasteiger partial charge in [-0.25, -0.2) is 0 Å². The SMILES string of the molecule is CCOc1c(Br)cc(/C=C(/C#N)C(=O)N[C@H](C)c2ccccc2)cc1OC. The maximum Gasteiger partial charge on any atom is 0.262 e. The number of nitriles is 1. The van der Waals surface area contributed by atoms with Gasteiger partial charge in [-0.05, 0) is 59.1 Å². The number of methoxy groups -OCH3 is 1. The zero-order chi connectivity index (χ0) is 19.8. The predicted octanol–water partition coefficient (Wildman–Crippen LogP) is 4.64. The summed E-state index contributed by atoms with van der Waals surface area (Å²) in [5.41, 5.74) is 1.63. The van der Waals surface area contributed by atoms with Gasteiger partial charge in [-0.15, -0.1) is 0 Å². The van der Waals surface area contributed by atoms with Crippen LogP contribution in [-0.4, -0.2) is 19.6 Å². The van der Waals surface area contributed by atoms with E-state index in [0.717, 1.165) is 5.56 Å². The number of amides is 1. The molecule has 0 aliphatic carbocycles. The number of carbonyl (C=O) groups is 1. The lowest BCUT2D eigenvalue weighted by Gasteiger charge is -2.14. The zero-order valence-electron chi connectivity index (χ0n) is 15.5. The lowest BCUT2D eigenvalue weighted by Crippen LogP contribution is -2.27. The second-order valence-corrected chi connectivity index (χ2v) is 6.60. The van der Waals surface area contributed by atoms with Crippen LogP contribution in [0.4, 0.5) is 0 Å². The van der Waals surface area contributed by atoms with Crippen LogP contribution in [0, 0.1) is 11.3 Å². The molecule has 0 aliphatic rings. The molecule has 6 heteroatoms. The van der Waals surface area contributed by atoms with E-state index in [1.165, 1.54) is 13.2 Å². The summed E-state index contributed by atoms with van der Waals surface area (Å²) in [5, 5.41) is 12.3. The topological polar surface area (TPSA) is 71.3 Å². The zero-order valence-corrected chi connectivity index (χ0v) is 17.0. The van der Waals surface area contributed by atoms with Crippen molar-refractivity contribution in [1.29, 1.82) is 5.26 Å². The van der Waals surface area contributed by atoms with E-state index in [2.05, 4.69) is 21.2 Å². The predicted molar refractivity (Wildman–Crippen MR) is 108 cm³/mol. The molecule has 0 saturated heterocycles. The number of hydrogen-bond donors (Lipinski definition) is 1. The Balaban J connectivity index is 2.26. The van der Waals surface area contributed by atoms with Crippen LogP contribution in [0.15, 0.2) is 52.5 Å². The van der Waals surface area contributed by atoms with E-state index in [9.17, 15) is 10.1 Å². The highest BCUT2D eigenvalue weighted by Crippen LogP contribution is 2.37. The summed E-state index contributed by atoms with van der Waals surface area (Å²) in [6.07, 6.45) is 1.52. The Kier molecular flexibility index (Phi) is 7.44. The normalized spacial score (nSPS) is 12.0. The lowest BCUT2D eigenvalue weighted by atomic mass is 10.1. The van der Waals surface area contributed by atoms with Gasteiger partial charge in [-0.1, -0.05) is 30.3 Å². The molecule has 27 heavy (non-hydrogen) atoms. The van der Waals surface area contributed by atoms with Gasteiger partial charge >= 0.3 is 0 Å². The first-order valence-electron chi connectivity index (χ1n) is 8.48. The smallest absolute Gasteiger partial charge is 0.262 e. The highest BCUT2D eigenvalue weighted by molar-refractivity contribution is 9.10. The van der Waals surface area contributed by atoms with E-state index in [-0.39, 0.29) is 11.6 Å². The summed E-state index contributed by atoms with van der Waals surface area (Å²) >= 11 is 3.44. The molecule has 0 saturated carbocycles. The van der Waals surface area contributed by atoms with Crippen molar-refractivity contribution in [3.8, 4) is 17.6 Å². The van der Waals surface area contributed by atoms with Crippen molar-refractivity contribution >= 4 is 27.9 Å². The average molecular weight is 429 g/mol. The summed E-state index contributed by atoms with van der Waals surface area (Å²) < 4.78 is 11.6. The van der Waals surface area contributed by atoms with Gasteiger partial charge < -0.3 is 14.8 Å². The summed E-state index contributed by atoms with van der Waals surface area (Å²) in [6, 6.07) is 14.8. The van der Waals surface area contributed by atoms with Gasteiger partial charge in [0.1, 0.15) is 11.6 Å². The first-order chi connectivity index (χ1) is 13.0. The minimum absolute atomic E-state index is 0.0101. The highest BCUT2D eigenvalue weighted by atomic mass is 79.9. The van der Waals surface area contributed by atoms with Crippen LogP contribution in [-0.2, 0) is 4.79 Å². The number of hydrogen-bond acceptors (Lipinski definition) is 4. The molecule has 0 aromatic heterocycles. The number of ether oxygens (including phenoxy) is 2. The maximum atomic E-state index is 12.5. The largest absolute Gasteiger partial charge is 0.493 e. The van der Waals surface area contributed by atoms with Crippen molar-refractivity contribution in [3.05, 3.63) is 63.6 Å². The van der Waals surface area contributed by atoms with Gasteiger partial charge in [-0.2, -0.15) is 5.26 Å². The van der Waals surface area contributed by atoms with Crippen molar-refractivity contribution in [2.45, 2.75) is 19.9 Å². The molecule has 0 heterocycles. The quantitative estimate of drug-likeness (QED) is 0.514. The van der Waals surface area contributed by atoms with Gasteiger partial charge in [0.15, 0.2) is 11.5 Å². The third-order valence-corrected chi connectivity index (χ3v) is 4.45. The molecule has 140 valence electrons. The molecular formula is C21H21BrN2O3. The van der Waals surface area contributed by atoms with Crippen LogP contribution >= 0.6 is 15.9 Å². The fourth-order valence-electron chi connectivity index (χ4n) is 2.52. The molecular weight excluding hydrogens is 408 g/mol. The first kappa shape index (κ1) is 20.5. The molecule has 1 N–H and O–H groups in total. The summed E-state index contributed by atoms with van der Waals surface area (Å²) in [6.45, 7) is 4.25. The second kappa shape index (κ2) is 9.79. The minimum atomic E-state index is -0.433. The van der Waals surface area contributed by atoms with E-state index in [4.69, 9.17) is 9.47 Å². The number of nitrogens with zero attached hydrogens (tertiary/aromatic N) is 1. The second-order valence-electron chi connectivity index (χ2n) is 5.74. The first-order valence-corrected chi connectivity index (χ1v) is 9.27. The molecule has 1 atom stereocenters. The van der Waals surface area contributed by atoms with Gasteiger partial charge in [0.25, 0.3) is 5.91 Å². The Morgan fingerprint density at radius 2 is 2.04 bits per heavy atom. The third kappa shape index (κ3) is 5.35. The van der Waals surface area contributed by atoms with Crippen molar-refractivity contribution in [2.24, 2.45) is 0 Å². The molecule has 2 rings (SSSR count). The molecule has 0 fully saturated rings. The average Bonchev–Trinajstić information content (AvgIpc) is 2.68. The van der Waals surface area contributed by atoms with Crippen molar-refractivity contribution in [2.75, 3.05) is 13.7 Å². The molecule has 0 unspecified atom stereocenters. The third-order valence-electron chi connectivity index (χ3n) is 3.86. The van der Waals surface area contributed by atoms with Gasteiger partial charge in [0.05, 0.1) is 24.2 Å². The van der Waals surface area contributed by atoms with Gasteiger partial charge in [-0.3, -0.25) is 4.79 Å². The Bertz CT molecular complexity index is 873. The summed E-state index contributed by atoms with van der Waals surface area (Å²) in [4.78, 5) is 12.5.